The largest absolute Gasteiger partial charge is 0.418 e. The van der Waals surface area contributed by atoms with E-state index in [0.717, 1.165) is 34.4 Å². The van der Waals surface area contributed by atoms with Crippen molar-refractivity contribution in [2.45, 2.75) is 19.6 Å². The predicted molar refractivity (Wildman–Crippen MR) is 97.2 cm³/mol. The van der Waals surface area contributed by atoms with Gasteiger partial charge in [-0.3, -0.25) is 19.0 Å². The molecule has 28 heavy (non-hydrogen) atoms. The van der Waals surface area contributed by atoms with E-state index < -0.39 is 41.3 Å². The highest BCUT2D eigenvalue weighted by molar-refractivity contribution is 7.20. The van der Waals surface area contributed by atoms with Gasteiger partial charge in [0.15, 0.2) is 0 Å². The Kier molecular flexibility index (Phi) is 4.94. The zero-order chi connectivity index (χ0) is 20.6. The molecule has 0 aliphatic heterocycles. The third-order valence-electron chi connectivity index (χ3n) is 3.96. The molecule has 0 saturated heterocycles. The van der Waals surface area contributed by atoms with Gasteiger partial charge in [-0.2, -0.15) is 13.2 Å². The molecule has 7 nitrogen and oxygen atoms in total. The van der Waals surface area contributed by atoms with Crippen molar-refractivity contribution in [1.82, 2.24) is 9.55 Å². The SMILES string of the molecule is Cc1c(C(N)=O)sc2ncn(CC(=O)Nc3ccccc3C(F)(F)F)c(=O)c12. The number of nitrogens with zero attached hydrogens (tertiary/aromatic N) is 2. The summed E-state index contributed by atoms with van der Waals surface area (Å²) in [5, 5.41) is 2.30. The normalized spacial score (nSPS) is 11.6. The molecule has 0 radical (unpaired) electrons. The smallest absolute Gasteiger partial charge is 0.365 e. The molecule has 0 fully saturated rings. The number of aryl methyl sites for hydroxylation is 1. The summed E-state index contributed by atoms with van der Waals surface area (Å²) in [5.41, 5.74) is 3.61. The minimum Gasteiger partial charge on any atom is -0.365 e. The Morgan fingerprint density at radius 3 is 2.61 bits per heavy atom. The van der Waals surface area contributed by atoms with Crippen LogP contribution in [-0.4, -0.2) is 21.4 Å². The molecule has 2 amide bonds. The molecule has 3 N–H and O–H groups in total. The molecule has 2 heterocycles. The van der Waals surface area contributed by atoms with Crippen LogP contribution in [0.5, 0.6) is 0 Å². The van der Waals surface area contributed by atoms with Crippen LogP contribution in [0.15, 0.2) is 35.4 Å². The Bertz CT molecular complexity index is 1150. The van der Waals surface area contributed by atoms with E-state index in [2.05, 4.69) is 10.3 Å². The molecule has 0 aliphatic rings. The molecule has 3 rings (SSSR count). The van der Waals surface area contributed by atoms with Gasteiger partial charge in [-0.1, -0.05) is 12.1 Å². The second-order valence-electron chi connectivity index (χ2n) is 5.87. The first-order valence-electron chi connectivity index (χ1n) is 7.84. The highest BCUT2D eigenvalue weighted by atomic mass is 32.1. The molecule has 0 bridgehead atoms. The Hall–Kier alpha value is -3.21. The number of halogens is 3. The number of para-hydroxylation sites is 1. The van der Waals surface area contributed by atoms with Crippen LogP contribution >= 0.6 is 11.3 Å². The molecule has 3 aromatic rings. The van der Waals surface area contributed by atoms with Gasteiger partial charge in [0.05, 0.1) is 27.8 Å². The standard InChI is InChI=1S/C17H13F3N4O3S/c1-8-12-15(28-13(8)14(21)26)22-7-24(16(12)27)6-11(25)23-10-5-3-2-4-9(10)17(18,19)20/h2-5,7H,6H2,1H3,(H2,21,26)(H,23,25). The second-order valence-corrected chi connectivity index (χ2v) is 6.87. The van der Waals surface area contributed by atoms with Crippen LogP contribution < -0.4 is 16.6 Å². The molecule has 0 unspecified atom stereocenters. The molecule has 1 aromatic carbocycles. The zero-order valence-electron chi connectivity index (χ0n) is 14.3. The van der Waals surface area contributed by atoms with E-state index in [1.165, 1.54) is 19.1 Å². The van der Waals surface area contributed by atoms with E-state index in [4.69, 9.17) is 5.73 Å². The number of thiophene rings is 1. The maximum Gasteiger partial charge on any atom is 0.418 e. The van der Waals surface area contributed by atoms with Gasteiger partial charge in [0, 0.05) is 0 Å². The summed E-state index contributed by atoms with van der Waals surface area (Å²) >= 11 is 0.957. The minimum absolute atomic E-state index is 0.143. The van der Waals surface area contributed by atoms with Gasteiger partial charge in [-0.15, -0.1) is 11.3 Å². The Balaban J connectivity index is 1.91. The fraction of sp³-hybridized carbons (Fsp3) is 0.176. The fourth-order valence-corrected chi connectivity index (χ4v) is 3.68. The lowest BCUT2D eigenvalue weighted by molar-refractivity contribution is -0.137. The highest BCUT2D eigenvalue weighted by Crippen LogP contribution is 2.34. The molecule has 11 heteroatoms. The number of primary amides is 1. The van der Waals surface area contributed by atoms with Crippen molar-refractivity contribution in [3.8, 4) is 0 Å². The summed E-state index contributed by atoms with van der Waals surface area (Å²) in [6.45, 7) is 0.987. The van der Waals surface area contributed by atoms with E-state index in [1.54, 1.807) is 0 Å². The average molecular weight is 410 g/mol. The van der Waals surface area contributed by atoms with Crippen molar-refractivity contribution in [1.29, 1.82) is 0 Å². The summed E-state index contributed by atoms with van der Waals surface area (Å²) < 4.78 is 40.0. The van der Waals surface area contributed by atoms with Crippen molar-refractivity contribution in [3.63, 3.8) is 0 Å². The topological polar surface area (TPSA) is 107 Å². The van der Waals surface area contributed by atoms with Gasteiger partial charge in [0.2, 0.25) is 5.91 Å². The van der Waals surface area contributed by atoms with E-state index in [1.807, 2.05) is 0 Å². The minimum atomic E-state index is -4.64. The lowest BCUT2D eigenvalue weighted by atomic mass is 10.1. The lowest BCUT2D eigenvalue weighted by Crippen LogP contribution is -2.28. The van der Waals surface area contributed by atoms with Crippen LogP contribution in [-0.2, 0) is 17.5 Å². The molecular weight excluding hydrogens is 397 g/mol. The number of carbonyl (C=O) groups is 2. The highest BCUT2D eigenvalue weighted by Gasteiger charge is 2.33. The van der Waals surface area contributed by atoms with Gasteiger partial charge in [-0.05, 0) is 24.6 Å². The van der Waals surface area contributed by atoms with Crippen LogP contribution in [0.3, 0.4) is 0 Å². The number of hydrogen-bond acceptors (Lipinski definition) is 5. The van der Waals surface area contributed by atoms with Crippen molar-refractivity contribution in [3.05, 3.63) is 57.0 Å². The number of rotatable bonds is 4. The number of carbonyl (C=O) groups excluding carboxylic acids is 2. The van der Waals surface area contributed by atoms with E-state index in [0.29, 0.717) is 5.56 Å². The summed E-state index contributed by atoms with van der Waals surface area (Å²) in [4.78, 5) is 40.8. The maximum absolute atomic E-state index is 13.0. The fourth-order valence-electron chi connectivity index (χ4n) is 2.69. The van der Waals surface area contributed by atoms with Gasteiger partial charge >= 0.3 is 6.18 Å². The van der Waals surface area contributed by atoms with Gasteiger partial charge in [0.1, 0.15) is 11.4 Å². The zero-order valence-corrected chi connectivity index (χ0v) is 15.1. The Morgan fingerprint density at radius 1 is 1.29 bits per heavy atom. The van der Waals surface area contributed by atoms with Gasteiger partial charge < -0.3 is 11.1 Å². The van der Waals surface area contributed by atoms with Crippen LogP contribution in [0.25, 0.3) is 10.2 Å². The van der Waals surface area contributed by atoms with Crippen molar-refractivity contribution < 1.29 is 22.8 Å². The number of alkyl halides is 3. The van der Waals surface area contributed by atoms with Crippen molar-refractivity contribution in [2.24, 2.45) is 5.73 Å². The van der Waals surface area contributed by atoms with E-state index in [-0.39, 0.29) is 15.1 Å². The molecule has 0 spiro atoms. The molecule has 0 aliphatic carbocycles. The third kappa shape index (κ3) is 3.60. The summed E-state index contributed by atoms with van der Waals surface area (Å²) in [5.74, 6) is -1.53. The maximum atomic E-state index is 13.0. The first-order valence-corrected chi connectivity index (χ1v) is 8.65. The number of fused-ring (bicyclic) bond motifs is 1. The molecule has 146 valence electrons. The third-order valence-corrected chi connectivity index (χ3v) is 5.18. The van der Waals surface area contributed by atoms with Crippen LogP contribution in [0.1, 0.15) is 20.8 Å². The van der Waals surface area contributed by atoms with Crippen LogP contribution in [0.2, 0.25) is 0 Å². The summed E-state index contributed by atoms with van der Waals surface area (Å²) in [6.07, 6.45) is -3.54. The molecular formula is C17H13F3N4O3S. The van der Waals surface area contributed by atoms with E-state index in [9.17, 15) is 27.6 Å². The monoisotopic (exact) mass is 410 g/mol. The molecule has 2 aromatic heterocycles. The summed E-state index contributed by atoms with van der Waals surface area (Å²) in [6, 6.07) is 4.52. The first kappa shape index (κ1) is 19.5. The number of hydrogen-bond donors (Lipinski definition) is 2. The van der Waals surface area contributed by atoms with Crippen molar-refractivity contribution >= 4 is 39.1 Å². The number of nitrogens with one attached hydrogen (secondary N) is 1. The van der Waals surface area contributed by atoms with Crippen molar-refractivity contribution in [2.75, 3.05) is 5.32 Å². The molecule has 0 saturated carbocycles. The Morgan fingerprint density at radius 2 is 1.96 bits per heavy atom. The van der Waals surface area contributed by atoms with E-state index >= 15 is 0 Å². The van der Waals surface area contributed by atoms with Gasteiger partial charge in [-0.25, -0.2) is 4.98 Å². The number of benzene rings is 1. The lowest BCUT2D eigenvalue weighted by Gasteiger charge is -2.13. The second kappa shape index (κ2) is 7.08. The van der Waals surface area contributed by atoms with Crippen LogP contribution in [0.4, 0.5) is 18.9 Å². The van der Waals surface area contributed by atoms with Gasteiger partial charge in [0.25, 0.3) is 11.5 Å². The Labute approximate surface area is 159 Å². The number of amides is 2. The van der Waals surface area contributed by atoms with Crippen LogP contribution in [0, 0.1) is 6.92 Å². The number of nitrogens with two attached hydrogens (primary N) is 1. The molecule has 0 atom stereocenters. The summed E-state index contributed by atoms with van der Waals surface area (Å²) in [7, 11) is 0. The quantitative estimate of drug-likeness (QED) is 0.689. The number of aromatic nitrogens is 2. The average Bonchev–Trinajstić information content (AvgIpc) is 2.94. The number of anilines is 1. The predicted octanol–water partition coefficient (Wildman–Crippen LogP) is 2.52. The first-order chi connectivity index (χ1) is 13.1.